The molecule has 0 atom stereocenters. The van der Waals surface area contributed by atoms with Crippen molar-refractivity contribution in [3.8, 4) is 33.6 Å². The maximum Gasteiger partial charge on any atom is 0.181 e. The molecule has 12 aromatic rings. The van der Waals surface area contributed by atoms with Crippen LogP contribution in [0, 0.1) is 0 Å². The molecule has 0 radical (unpaired) electrons. The molecule has 63 heavy (non-hydrogen) atoms. The monoisotopic (exact) mass is 818 g/mol. The molecular formula is C60H42N2Si. The van der Waals surface area contributed by atoms with Crippen LogP contribution in [-0.2, 0) is 0 Å². The summed E-state index contributed by atoms with van der Waals surface area (Å²) < 4.78 is 5.07. The van der Waals surface area contributed by atoms with Crippen molar-refractivity contribution in [3.63, 3.8) is 0 Å². The third kappa shape index (κ3) is 5.85. The molecule has 0 amide bonds. The first-order valence-corrected chi connectivity index (χ1v) is 23.8. The molecule has 0 unspecified atom stereocenters. The molecule has 10 aromatic carbocycles. The second kappa shape index (κ2) is 15.2. The van der Waals surface area contributed by atoms with Gasteiger partial charge in [-0.15, -0.1) is 0 Å². The topological polar surface area (TPSA) is 9.86 Å². The van der Waals surface area contributed by atoms with Crippen LogP contribution in [0.2, 0.25) is 0 Å². The Morgan fingerprint density at radius 1 is 0.270 bits per heavy atom. The van der Waals surface area contributed by atoms with E-state index in [2.05, 4.69) is 264 Å². The molecule has 0 spiro atoms. The highest BCUT2D eigenvalue weighted by Gasteiger charge is 2.43. The van der Waals surface area contributed by atoms with E-state index in [0.29, 0.717) is 0 Å². The number of para-hydroxylation sites is 3. The van der Waals surface area contributed by atoms with Crippen LogP contribution in [-0.4, -0.2) is 17.2 Å². The Morgan fingerprint density at radius 3 is 1.38 bits per heavy atom. The molecule has 2 aromatic heterocycles. The minimum absolute atomic E-state index is 1.13. The van der Waals surface area contributed by atoms with Gasteiger partial charge in [-0.25, -0.2) is 0 Å². The largest absolute Gasteiger partial charge is 0.309 e. The molecule has 0 fully saturated rings. The molecule has 0 saturated heterocycles. The fourth-order valence-corrected chi connectivity index (χ4v) is 15.3. The van der Waals surface area contributed by atoms with Crippen molar-refractivity contribution in [1.82, 2.24) is 9.13 Å². The van der Waals surface area contributed by atoms with Crippen molar-refractivity contribution in [3.05, 3.63) is 255 Å². The van der Waals surface area contributed by atoms with Gasteiger partial charge in [0, 0.05) is 38.5 Å². The molecule has 3 heteroatoms. The second-order valence-electron chi connectivity index (χ2n) is 16.4. The molecule has 0 aliphatic heterocycles. The third-order valence-corrected chi connectivity index (χ3v) is 17.9. The minimum Gasteiger partial charge on any atom is -0.309 e. The molecular weight excluding hydrogens is 777 g/mol. The van der Waals surface area contributed by atoms with Crippen molar-refractivity contribution < 1.29 is 0 Å². The van der Waals surface area contributed by atoms with Gasteiger partial charge in [-0.3, -0.25) is 0 Å². The van der Waals surface area contributed by atoms with Crippen LogP contribution in [0.5, 0.6) is 0 Å². The van der Waals surface area contributed by atoms with Gasteiger partial charge in [0.15, 0.2) is 8.07 Å². The Labute approximate surface area is 368 Å². The standard InChI is InChI=1S/C60H42N2Si/c1-6-21-43(22-7-1)45-25-18-26-46(41-45)62-57-42-47(39-40-53(57)54-35-19-34-51(59(54)62)44-23-8-2-9-24-44)61-56-37-17-16-33-52(56)55-36-20-38-58(60(55)61)63(48-27-10-3-11-28-48,49-29-12-4-13-30-49)50-31-14-5-15-32-50/h1-42H. The lowest BCUT2D eigenvalue weighted by atomic mass is 10.0. The second-order valence-corrected chi connectivity index (χ2v) is 20.2. The molecule has 2 nitrogen and oxygen atoms in total. The van der Waals surface area contributed by atoms with Gasteiger partial charge >= 0.3 is 0 Å². The first-order valence-electron chi connectivity index (χ1n) is 21.8. The van der Waals surface area contributed by atoms with E-state index in [1.165, 1.54) is 81.1 Å². The van der Waals surface area contributed by atoms with Gasteiger partial charge in [0.25, 0.3) is 0 Å². The number of hydrogen-bond donors (Lipinski definition) is 0. The van der Waals surface area contributed by atoms with Crippen LogP contribution < -0.4 is 20.7 Å². The molecule has 2 heterocycles. The quantitative estimate of drug-likeness (QED) is 0.107. The Morgan fingerprint density at radius 2 is 0.730 bits per heavy atom. The summed E-state index contributed by atoms with van der Waals surface area (Å²) in [5.74, 6) is 0. The van der Waals surface area contributed by atoms with E-state index in [1.54, 1.807) is 0 Å². The Kier molecular flexibility index (Phi) is 8.87. The van der Waals surface area contributed by atoms with Gasteiger partial charge < -0.3 is 9.13 Å². The van der Waals surface area contributed by atoms with Crippen molar-refractivity contribution in [1.29, 1.82) is 0 Å². The average molecular weight is 819 g/mol. The van der Waals surface area contributed by atoms with E-state index in [9.17, 15) is 0 Å². The number of rotatable bonds is 8. The fraction of sp³-hybridized carbons (Fsp3) is 0. The first kappa shape index (κ1) is 36.8. The maximum absolute atomic E-state index is 2.94. The lowest BCUT2D eigenvalue weighted by Gasteiger charge is -2.35. The van der Waals surface area contributed by atoms with E-state index < -0.39 is 8.07 Å². The van der Waals surface area contributed by atoms with E-state index in [1.807, 2.05) is 0 Å². The zero-order chi connectivity index (χ0) is 41.7. The van der Waals surface area contributed by atoms with Crippen molar-refractivity contribution >= 4 is 72.4 Å². The number of benzene rings is 10. The maximum atomic E-state index is 2.57. The number of nitrogens with zero attached hydrogens (tertiary/aromatic N) is 2. The van der Waals surface area contributed by atoms with Gasteiger partial charge in [-0.2, -0.15) is 0 Å². The van der Waals surface area contributed by atoms with Crippen LogP contribution in [0.1, 0.15) is 0 Å². The van der Waals surface area contributed by atoms with Gasteiger partial charge in [-0.05, 0) is 67.8 Å². The smallest absolute Gasteiger partial charge is 0.181 e. The first-order chi connectivity index (χ1) is 31.3. The van der Waals surface area contributed by atoms with Gasteiger partial charge in [0.2, 0.25) is 0 Å². The molecule has 296 valence electrons. The van der Waals surface area contributed by atoms with Gasteiger partial charge in [0.05, 0.1) is 22.1 Å². The molecule has 0 saturated carbocycles. The van der Waals surface area contributed by atoms with E-state index in [0.717, 1.165) is 16.9 Å². The SMILES string of the molecule is c1ccc(-c2cccc(-n3c4cc(-n5c6ccccc6c6cccc([Si](c7ccccc7)(c7ccccc7)c7ccccc7)c65)ccc4c4cccc(-c5ccccc5)c43)c2)cc1. The van der Waals surface area contributed by atoms with Crippen LogP contribution in [0.3, 0.4) is 0 Å². The highest BCUT2D eigenvalue weighted by molar-refractivity contribution is 7.20. The van der Waals surface area contributed by atoms with Crippen LogP contribution >= 0.6 is 0 Å². The Hall–Kier alpha value is -7.98. The summed E-state index contributed by atoms with van der Waals surface area (Å²) >= 11 is 0. The minimum atomic E-state index is -2.94. The lowest BCUT2D eigenvalue weighted by molar-refractivity contribution is 1.16. The lowest BCUT2D eigenvalue weighted by Crippen LogP contribution is -2.75. The number of hydrogen-bond acceptors (Lipinski definition) is 0. The zero-order valence-electron chi connectivity index (χ0n) is 34.6. The summed E-state index contributed by atoms with van der Waals surface area (Å²) in [5, 5.41) is 10.4. The highest BCUT2D eigenvalue weighted by atomic mass is 28.3. The van der Waals surface area contributed by atoms with Gasteiger partial charge in [0.1, 0.15) is 0 Å². The van der Waals surface area contributed by atoms with Crippen molar-refractivity contribution in [2.75, 3.05) is 0 Å². The predicted molar refractivity (Wildman–Crippen MR) is 270 cm³/mol. The van der Waals surface area contributed by atoms with E-state index in [4.69, 9.17) is 0 Å². The summed E-state index contributed by atoms with van der Waals surface area (Å²) in [6.45, 7) is 0. The Bertz CT molecular complexity index is 3500. The molecule has 12 rings (SSSR count). The van der Waals surface area contributed by atoms with Crippen LogP contribution in [0.4, 0.5) is 0 Å². The summed E-state index contributed by atoms with van der Waals surface area (Å²) in [4.78, 5) is 0. The molecule has 0 aliphatic carbocycles. The molecule has 0 bridgehead atoms. The summed E-state index contributed by atoms with van der Waals surface area (Å²) in [7, 11) is -2.94. The summed E-state index contributed by atoms with van der Waals surface area (Å²) in [5.41, 5.74) is 11.9. The van der Waals surface area contributed by atoms with E-state index >= 15 is 0 Å². The summed E-state index contributed by atoms with van der Waals surface area (Å²) in [6.07, 6.45) is 0. The summed E-state index contributed by atoms with van der Waals surface area (Å²) in [6, 6.07) is 94.3. The predicted octanol–water partition coefficient (Wildman–Crippen LogP) is 12.6. The van der Waals surface area contributed by atoms with Crippen LogP contribution in [0.25, 0.3) is 77.2 Å². The normalized spacial score (nSPS) is 11.8. The molecule has 0 N–H and O–H groups in total. The fourth-order valence-electron chi connectivity index (χ4n) is 10.4. The third-order valence-electron chi connectivity index (χ3n) is 13.0. The van der Waals surface area contributed by atoms with Crippen molar-refractivity contribution in [2.24, 2.45) is 0 Å². The Balaban J connectivity index is 1.21. The highest BCUT2D eigenvalue weighted by Crippen LogP contribution is 2.41. The number of aromatic nitrogens is 2. The van der Waals surface area contributed by atoms with Crippen molar-refractivity contribution in [2.45, 2.75) is 0 Å². The average Bonchev–Trinajstić information content (AvgIpc) is 3.89. The van der Waals surface area contributed by atoms with Crippen LogP contribution in [0.15, 0.2) is 255 Å². The molecule has 0 aliphatic rings. The van der Waals surface area contributed by atoms with Gasteiger partial charge in [-0.1, -0.05) is 224 Å². The van der Waals surface area contributed by atoms with E-state index in [-0.39, 0.29) is 0 Å². The zero-order valence-corrected chi connectivity index (χ0v) is 35.6. The number of fused-ring (bicyclic) bond motifs is 6.